The topological polar surface area (TPSA) is 86.8 Å². The number of likely N-dealkylation sites (N-methyl/N-ethyl adjacent to an activating group) is 1. The van der Waals surface area contributed by atoms with Crippen LogP contribution in [0.25, 0.3) is 0 Å². The normalized spacial score (nSPS) is 12.2. The van der Waals surface area contributed by atoms with Crippen molar-refractivity contribution in [2.45, 2.75) is 47.2 Å². The second-order valence-corrected chi connectivity index (χ2v) is 10.1. The molecule has 0 saturated heterocycles. The minimum Gasteiger partial charge on any atom is -0.355 e. The standard InChI is InChI=1S/C24H33N3O4S/c1-7-25-24(29)20(5)26(15-21-10-8-9-17(2)12-21)23(28)16-27(32(6,30)31)22-13-18(3)11-19(4)14-22/h8-14,20H,7,15-16H2,1-6H3,(H,25,29)/t20-/m0/s1. The van der Waals surface area contributed by atoms with Crippen molar-refractivity contribution in [2.75, 3.05) is 23.7 Å². The first kappa shape index (κ1) is 25.4. The molecule has 0 saturated carbocycles. The van der Waals surface area contributed by atoms with Gasteiger partial charge in [-0.15, -0.1) is 0 Å². The fraction of sp³-hybridized carbons (Fsp3) is 0.417. The number of amides is 2. The van der Waals surface area contributed by atoms with Crippen LogP contribution in [-0.2, 0) is 26.2 Å². The van der Waals surface area contributed by atoms with E-state index in [4.69, 9.17) is 0 Å². The molecular formula is C24H33N3O4S. The molecule has 0 aliphatic carbocycles. The Bertz CT molecular complexity index is 1060. The number of anilines is 1. The van der Waals surface area contributed by atoms with Crippen LogP contribution in [0.2, 0.25) is 0 Å². The summed E-state index contributed by atoms with van der Waals surface area (Å²) in [6.07, 6.45) is 1.08. The maximum Gasteiger partial charge on any atom is 0.244 e. The first-order valence-electron chi connectivity index (χ1n) is 10.6. The maximum atomic E-state index is 13.4. The number of carbonyl (C=O) groups is 2. The molecule has 2 aromatic carbocycles. The third-order valence-electron chi connectivity index (χ3n) is 5.13. The molecule has 2 amide bonds. The lowest BCUT2D eigenvalue weighted by atomic mass is 10.1. The first-order chi connectivity index (χ1) is 14.9. The summed E-state index contributed by atoms with van der Waals surface area (Å²) in [6.45, 7) is 9.41. The van der Waals surface area contributed by atoms with Crippen LogP contribution in [-0.4, -0.2) is 50.5 Å². The molecule has 7 nitrogen and oxygen atoms in total. The lowest BCUT2D eigenvalue weighted by Crippen LogP contribution is -2.51. The second kappa shape index (κ2) is 10.6. The number of sulfonamides is 1. The van der Waals surface area contributed by atoms with Crippen LogP contribution in [0.5, 0.6) is 0 Å². The number of aryl methyl sites for hydroxylation is 3. The monoisotopic (exact) mass is 459 g/mol. The van der Waals surface area contributed by atoms with E-state index in [0.29, 0.717) is 12.2 Å². The molecule has 0 aromatic heterocycles. The van der Waals surface area contributed by atoms with Crippen LogP contribution < -0.4 is 9.62 Å². The molecule has 2 rings (SSSR count). The van der Waals surface area contributed by atoms with E-state index in [2.05, 4.69) is 5.32 Å². The van der Waals surface area contributed by atoms with Gasteiger partial charge in [-0.2, -0.15) is 0 Å². The minimum atomic E-state index is -3.73. The van der Waals surface area contributed by atoms with Crippen LogP contribution in [0, 0.1) is 20.8 Å². The summed E-state index contributed by atoms with van der Waals surface area (Å²) in [7, 11) is -3.73. The van der Waals surface area contributed by atoms with Gasteiger partial charge in [-0.1, -0.05) is 35.9 Å². The van der Waals surface area contributed by atoms with Gasteiger partial charge in [0.1, 0.15) is 12.6 Å². The van der Waals surface area contributed by atoms with E-state index in [-0.39, 0.29) is 12.5 Å². The summed E-state index contributed by atoms with van der Waals surface area (Å²) in [5.41, 5.74) is 4.13. The highest BCUT2D eigenvalue weighted by Crippen LogP contribution is 2.22. The van der Waals surface area contributed by atoms with Crippen molar-refractivity contribution in [3.8, 4) is 0 Å². The molecule has 0 fully saturated rings. The number of hydrogen-bond acceptors (Lipinski definition) is 4. The second-order valence-electron chi connectivity index (χ2n) is 8.20. The molecule has 0 radical (unpaired) electrons. The summed E-state index contributed by atoms with van der Waals surface area (Å²) in [5.74, 6) is -0.736. The molecule has 0 heterocycles. The number of benzene rings is 2. The molecule has 0 aliphatic rings. The number of rotatable bonds is 9. The molecule has 32 heavy (non-hydrogen) atoms. The molecule has 0 spiro atoms. The first-order valence-corrected chi connectivity index (χ1v) is 12.5. The number of nitrogens with one attached hydrogen (secondary N) is 1. The van der Waals surface area contributed by atoms with Crippen molar-refractivity contribution in [3.63, 3.8) is 0 Å². The Balaban J connectivity index is 2.42. The summed E-state index contributed by atoms with van der Waals surface area (Å²) in [5, 5.41) is 2.74. The van der Waals surface area contributed by atoms with Gasteiger partial charge < -0.3 is 10.2 Å². The third kappa shape index (κ3) is 6.82. The van der Waals surface area contributed by atoms with E-state index in [9.17, 15) is 18.0 Å². The largest absolute Gasteiger partial charge is 0.355 e. The Hall–Kier alpha value is -2.87. The number of carbonyl (C=O) groups excluding carboxylic acids is 2. The van der Waals surface area contributed by atoms with Crippen molar-refractivity contribution >= 4 is 27.5 Å². The molecule has 0 unspecified atom stereocenters. The van der Waals surface area contributed by atoms with Gasteiger partial charge in [0.05, 0.1) is 11.9 Å². The van der Waals surface area contributed by atoms with E-state index >= 15 is 0 Å². The van der Waals surface area contributed by atoms with Crippen molar-refractivity contribution in [3.05, 3.63) is 64.7 Å². The fourth-order valence-corrected chi connectivity index (χ4v) is 4.45. The zero-order valence-electron chi connectivity index (χ0n) is 19.7. The lowest BCUT2D eigenvalue weighted by Gasteiger charge is -2.31. The lowest BCUT2D eigenvalue weighted by molar-refractivity contribution is -0.139. The molecule has 0 aliphatic heterocycles. The molecule has 1 atom stereocenters. The van der Waals surface area contributed by atoms with E-state index in [0.717, 1.165) is 32.8 Å². The highest BCUT2D eigenvalue weighted by molar-refractivity contribution is 7.92. The van der Waals surface area contributed by atoms with Gasteiger partial charge in [0.25, 0.3) is 0 Å². The molecular weight excluding hydrogens is 426 g/mol. The highest BCUT2D eigenvalue weighted by atomic mass is 32.2. The summed E-state index contributed by atoms with van der Waals surface area (Å²) in [6, 6.07) is 12.3. The van der Waals surface area contributed by atoms with Crippen molar-refractivity contribution in [1.29, 1.82) is 0 Å². The molecule has 2 aromatic rings. The quantitative estimate of drug-likeness (QED) is 0.625. The SMILES string of the molecule is CCNC(=O)[C@H](C)N(Cc1cccc(C)c1)C(=O)CN(c1cc(C)cc(C)c1)S(C)(=O)=O. The van der Waals surface area contributed by atoms with E-state index < -0.39 is 28.5 Å². The Labute approximate surface area is 191 Å². The van der Waals surface area contributed by atoms with Crippen molar-refractivity contribution < 1.29 is 18.0 Å². The van der Waals surface area contributed by atoms with Crippen LogP contribution in [0.15, 0.2) is 42.5 Å². The summed E-state index contributed by atoms with van der Waals surface area (Å²) in [4.78, 5) is 27.4. The van der Waals surface area contributed by atoms with Gasteiger partial charge in [0.2, 0.25) is 21.8 Å². The van der Waals surface area contributed by atoms with Crippen LogP contribution in [0.1, 0.15) is 36.1 Å². The smallest absolute Gasteiger partial charge is 0.244 e. The fourth-order valence-electron chi connectivity index (χ4n) is 3.62. The van der Waals surface area contributed by atoms with Crippen LogP contribution >= 0.6 is 0 Å². The maximum absolute atomic E-state index is 13.4. The van der Waals surface area contributed by atoms with Crippen molar-refractivity contribution in [2.24, 2.45) is 0 Å². The highest BCUT2D eigenvalue weighted by Gasteiger charge is 2.30. The summed E-state index contributed by atoms with van der Waals surface area (Å²) >= 11 is 0. The Kier molecular flexibility index (Phi) is 8.44. The summed E-state index contributed by atoms with van der Waals surface area (Å²) < 4.78 is 26.3. The minimum absolute atomic E-state index is 0.198. The number of hydrogen-bond donors (Lipinski definition) is 1. The zero-order chi connectivity index (χ0) is 24.1. The Morgan fingerprint density at radius 2 is 1.62 bits per heavy atom. The van der Waals surface area contributed by atoms with Gasteiger partial charge in [-0.3, -0.25) is 13.9 Å². The van der Waals surface area contributed by atoms with Crippen LogP contribution in [0.4, 0.5) is 5.69 Å². The molecule has 174 valence electrons. The Morgan fingerprint density at radius 1 is 1.00 bits per heavy atom. The van der Waals surface area contributed by atoms with Gasteiger partial charge in [0.15, 0.2) is 0 Å². The van der Waals surface area contributed by atoms with Gasteiger partial charge in [-0.05, 0) is 63.4 Å². The third-order valence-corrected chi connectivity index (χ3v) is 6.27. The van der Waals surface area contributed by atoms with Crippen molar-refractivity contribution in [1.82, 2.24) is 10.2 Å². The number of nitrogens with zero attached hydrogens (tertiary/aromatic N) is 2. The molecule has 8 heteroatoms. The van der Waals surface area contributed by atoms with E-state index in [1.54, 1.807) is 19.1 Å². The molecule has 0 bridgehead atoms. The van der Waals surface area contributed by atoms with Gasteiger partial charge >= 0.3 is 0 Å². The zero-order valence-corrected chi connectivity index (χ0v) is 20.5. The van der Waals surface area contributed by atoms with Gasteiger partial charge in [-0.25, -0.2) is 8.42 Å². The van der Waals surface area contributed by atoms with Crippen LogP contribution in [0.3, 0.4) is 0 Å². The van der Waals surface area contributed by atoms with E-state index in [1.807, 2.05) is 58.0 Å². The molecule has 1 N–H and O–H groups in total. The average molecular weight is 460 g/mol. The predicted octanol–water partition coefficient (Wildman–Crippen LogP) is 2.93. The van der Waals surface area contributed by atoms with E-state index in [1.165, 1.54) is 4.90 Å². The van der Waals surface area contributed by atoms with Gasteiger partial charge in [0, 0.05) is 13.1 Å². The average Bonchev–Trinajstić information content (AvgIpc) is 2.68. The Morgan fingerprint density at radius 3 is 2.16 bits per heavy atom. The predicted molar refractivity (Wildman–Crippen MR) is 128 cm³/mol.